The number of rotatable bonds is 8. The predicted octanol–water partition coefficient (Wildman–Crippen LogP) is -1.21. The van der Waals surface area contributed by atoms with Gasteiger partial charge in [-0.3, -0.25) is 9.36 Å². The molecule has 1 aliphatic heterocycles. The third-order valence-electron chi connectivity index (χ3n) is 4.86. The Kier molecular flexibility index (Phi) is 8.57. The number of amides is 1. The predicted molar refractivity (Wildman–Crippen MR) is 123 cm³/mol. The second-order valence-corrected chi connectivity index (χ2v) is 9.28. The fourth-order valence-electron chi connectivity index (χ4n) is 3.31. The molecule has 188 valence electrons. The molecule has 4 unspecified atom stereocenters. The van der Waals surface area contributed by atoms with Crippen LogP contribution in [0.3, 0.4) is 0 Å². The smallest absolute Gasteiger partial charge is 0.351 e. The number of aromatic nitrogens is 3. The zero-order valence-electron chi connectivity index (χ0n) is 19.0. The number of methoxy groups -OCH3 is 1. The molecule has 0 aliphatic carbocycles. The van der Waals surface area contributed by atoms with Gasteiger partial charge >= 0.3 is 5.69 Å². The number of nitrogens with one attached hydrogen (secondary N) is 2. The van der Waals surface area contributed by atoms with Crippen LogP contribution >= 0.6 is 7.60 Å². The van der Waals surface area contributed by atoms with E-state index in [0.717, 1.165) is 11.2 Å². The summed E-state index contributed by atoms with van der Waals surface area (Å²) in [5, 5.41) is 2.61. The van der Waals surface area contributed by atoms with E-state index < -0.39 is 37.6 Å². The summed E-state index contributed by atoms with van der Waals surface area (Å²) in [6, 6.07) is 3.09. The van der Waals surface area contributed by atoms with Gasteiger partial charge in [0, 0.05) is 32.6 Å². The maximum Gasteiger partial charge on any atom is 0.351 e. The third kappa shape index (κ3) is 7.09. The fourth-order valence-corrected chi connectivity index (χ4v) is 4.02. The highest BCUT2D eigenvalue weighted by molar-refractivity contribution is 7.50. The molecule has 4 atom stereocenters. The van der Waals surface area contributed by atoms with Crippen LogP contribution in [-0.4, -0.2) is 59.6 Å². The van der Waals surface area contributed by atoms with Gasteiger partial charge in [0.2, 0.25) is 0 Å². The molecule has 3 rings (SSSR count). The molecule has 0 bridgehead atoms. The van der Waals surface area contributed by atoms with Crippen molar-refractivity contribution in [2.45, 2.75) is 24.9 Å². The standard InChI is InChI=1S/C20H26N7O7P/c1-32-11-15-14(34-35(2,30)31)8-17(33-15)27-10-13(18(21)25-20(27)29)4-3-7-23-19(28)12-5-6-16(26-22)24-9-12/h5-6,9-10,14-15,17H,7-8,11,22H2,1-2H3,(H,23,28)(H,24,26)(H,30,31)(H2,21,25,29)/p-1. The second kappa shape index (κ2) is 11.4. The normalized spacial score (nSPS) is 21.0. The van der Waals surface area contributed by atoms with E-state index in [0.29, 0.717) is 11.4 Å². The average Bonchev–Trinajstić information content (AvgIpc) is 3.18. The van der Waals surface area contributed by atoms with E-state index in [4.69, 9.17) is 25.6 Å². The number of nitrogen functional groups attached to an aromatic ring is 2. The average molecular weight is 506 g/mol. The van der Waals surface area contributed by atoms with E-state index in [9.17, 15) is 19.0 Å². The summed E-state index contributed by atoms with van der Waals surface area (Å²) in [5.74, 6) is 10.6. The molecule has 0 radical (unpaired) electrons. The molecule has 15 heteroatoms. The molecule has 6 N–H and O–H groups in total. The molecule has 1 fully saturated rings. The molecular formula is C20H25N7O7P-. The second-order valence-electron chi connectivity index (χ2n) is 7.53. The largest absolute Gasteiger partial charge is 0.779 e. The van der Waals surface area contributed by atoms with E-state index >= 15 is 0 Å². The molecule has 0 aromatic carbocycles. The topological polar surface area (TPSA) is 209 Å². The van der Waals surface area contributed by atoms with Gasteiger partial charge in [0.15, 0.2) is 0 Å². The molecule has 35 heavy (non-hydrogen) atoms. The summed E-state index contributed by atoms with van der Waals surface area (Å²) < 4.78 is 28.7. The zero-order chi connectivity index (χ0) is 25.6. The van der Waals surface area contributed by atoms with Crippen LogP contribution in [-0.2, 0) is 18.6 Å². The maximum absolute atomic E-state index is 12.4. The first-order chi connectivity index (χ1) is 16.6. The first-order valence-corrected chi connectivity index (χ1v) is 12.3. The minimum absolute atomic E-state index is 0.0185. The van der Waals surface area contributed by atoms with Crippen molar-refractivity contribution < 1.29 is 28.3 Å². The number of pyridine rings is 1. The Morgan fingerprint density at radius 3 is 2.86 bits per heavy atom. The molecule has 2 aromatic rings. The monoisotopic (exact) mass is 506 g/mol. The van der Waals surface area contributed by atoms with Gasteiger partial charge in [-0.05, 0) is 12.1 Å². The van der Waals surface area contributed by atoms with Crippen LogP contribution < -0.4 is 32.9 Å². The van der Waals surface area contributed by atoms with Crippen LogP contribution in [0, 0.1) is 11.8 Å². The molecule has 1 amide bonds. The fraction of sp³-hybridized carbons (Fsp3) is 0.400. The molecule has 1 saturated heterocycles. The van der Waals surface area contributed by atoms with Gasteiger partial charge < -0.3 is 39.9 Å². The van der Waals surface area contributed by atoms with Crippen molar-refractivity contribution >= 4 is 25.1 Å². The summed E-state index contributed by atoms with van der Waals surface area (Å²) in [5.41, 5.74) is 8.03. The third-order valence-corrected chi connectivity index (χ3v) is 5.52. The Hall–Kier alpha value is -3.31. The maximum atomic E-state index is 12.4. The molecule has 14 nitrogen and oxygen atoms in total. The number of carbonyl (C=O) groups is 1. The summed E-state index contributed by atoms with van der Waals surface area (Å²) >= 11 is 0. The lowest BCUT2D eigenvalue weighted by Crippen LogP contribution is -2.29. The molecule has 3 heterocycles. The SMILES string of the molecule is COCC1OC(n2cc(C#CCNC(=O)c3ccc(NN)nc3)c(N)nc2=O)CC1OP(C)(=O)[O-]. The lowest BCUT2D eigenvalue weighted by Gasteiger charge is -2.25. The summed E-state index contributed by atoms with van der Waals surface area (Å²) in [7, 11) is -2.62. The molecule has 0 saturated carbocycles. The summed E-state index contributed by atoms with van der Waals surface area (Å²) in [6.45, 7) is 0.998. The Bertz CT molecular complexity index is 1220. The number of ether oxygens (including phenoxy) is 2. The quantitative estimate of drug-likeness (QED) is 0.144. The molecular weight excluding hydrogens is 481 g/mol. The van der Waals surface area contributed by atoms with Crippen molar-refractivity contribution in [1.82, 2.24) is 19.9 Å². The minimum Gasteiger partial charge on any atom is -0.779 e. The first-order valence-electron chi connectivity index (χ1n) is 10.3. The summed E-state index contributed by atoms with van der Waals surface area (Å²) in [4.78, 5) is 43.9. The Morgan fingerprint density at radius 2 is 2.23 bits per heavy atom. The molecule has 0 spiro atoms. The van der Waals surface area contributed by atoms with Gasteiger partial charge in [-0.1, -0.05) is 11.8 Å². The lowest BCUT2D eigenvalue weighted by molar-refractivity contribution is -0.202. The number of hydrogen-bond donors (Lipinski definition) is 4. The van der Waals surface area contributed by atoms with Crippen molar-refractivity contribution in [2.75, 3.05) is 38.1 Å². The van der Waals surface area contributed by atoms with Crippen molar-refractivity contribution in [1.29, 1.82) is 0 Å². The van der Waals surface area contributed by atoms with Gasteiger partial charge in [0.05, 0.1) is 30.4 Å². The Morgan fingerprint density at radius 1 is 1.46 bits per heavy atom. The van der Waals surface area contributed by atoms with E-state index in [1.165, 1.54) is 19.5 Å². The van der Waals surface area contributed by atoms with Crippen LogP contribution in [0.4, 0.5) is 11.6 Å². The number of carbonyl (C=O) groups excluding carboxylic acids is 1. The lowest BCUT2D eigenvalue weighted by atomic mass is 10.2. The summed E-state index contributed by atoms with van der Waals surface area (Å²) in [6.07, 6.45) is 0.356. The van der Waals surface area contributed by atoms with Crippen LogP contribution in [0.2, 0.25) is 0 Å². The van der Waals surface area contributed by atoms with Crippen LogP contribution in [0.5, 0.6) is 0 Å². The van der Waals surface area contributed by atoms with E-state index in [1.54, 1.807) is 12.1 Å². The number of hydrazine groups is 1. The van der Waals surface area contributed by atoms with E-state index in [2.05, 4.69) is 32.6 Å². The highest BCUT2D eigenvalue weighted by atomic mass is 31.2. The number of nitrogens with two attached hydrogens (primary N) is 2. The van der Waals surface area contributed by atoms with Crippen LogP contribution in [0.25, 0.3) is 0 Å². The minimum atomic E-state index is -4.05. The van der Waals surface area contributed by atoms with Crippen molar-refractivity contribution in [3.63, 3.8) is 0 Å². The van der Waals surface area contributed by atoms with Gasteiger partial charge in [-0.2, -0.15) is 4.98 Å². The number of hydrogen-bond acceptors (Lipinski definition) is 12. The van der Waals surface area contributed by atoms with E-state index in [-0.39, 0.29) is 31.0 Å². The highest BCUT2D eigenvalue weighted by Gasteiger charge is 2.39. The zero-order valence-corrected chi connectivity index (χ0v) is 19.9. The highest BCUT2D eigenvalue weighted by Crippen LogP contribution is 2.40. The number of nitrogens with zero attached hydrogens (tertiary/aromatic N) is 3. The van der Waals surface area contributed by atoms with Crippen molar-refractivity contribution in [2.24, 2.45) is 5.84 Å². The molecule has 1 aliphatic rings. The van der Waals surface area contributed by atoms with Crippen LogP contribution in [0.1, 0.15) is 28.6 Å². The van der Waals surface area contributed by atoms with Gasteiger partial charge in [0.1, 0.15) is 31.6 Å². The number of anilines is 2. The Balaban J connectivity index is 1.71. The first kappa shape index (κ1) is 26.3. The van der Waals surface area contributed by atoms with Crippen molar-refractivity contribution in [3.8, 4) is 11.8 Å². The molecule has 2 aromatic heterocycles. The van der Waals surface area contributed by atoms with Crippen LogP contribution in [0.15, 0.2) is 29.3 Å². The van der Waals surface area contributed by atoms with Gasteiger partial charge in [0.25, 0.3) is 5.91 Å². The van der Waals surface area contributed by atoms with Gasteiger partial charge in [-0.15, -0.1) is 0 Å². The van der Waals surface area contributed by atoms with E-state index in [1.807, 2.05) is 0 Å². The Labute approximate surface area is 200 Å². The van der Waals surface area contributed by atoms with Crippen molar-refractivity contribution in [3.05, 3.63) is 46.1 Å². The van der Waals surface area contributed by atoms with Gasteiger partial charge in [-0.25, -0.2) is 15.6 Å².